The number of aliphatic hydroxyl groups is 1. The topological polar surface area (TPSA) is 109 Å². The molecule has 5 rings (SSSR count). The summed E-state index contributed by atoms with van der Waals surface area (Å²) in [5.74, 6) is -0.829. The molecule has 2 N–H and O–H groups in total. The molecule has 1 atom stereocenters. The molecular weight excluding hydrogens is 412 g/mol. The van der Waals surface area contributed by atoms with E-state index in [2.05, 4.69) is 4.98 Å². The van der Waals surface area contributed by atoms with Crippen molar-refractivity contribution < 1.29 is 29.3 Å². The van der Waals surface area contributed by atoms with Crippen LogP contribution in [0.15, 0.2) is 72.4 Å². The van der Waals surface area contributed by atoms with Gasteiger partial charge in [0.1, 0.15) is 11.5 Å². The predicted octanol–water partition coefficient (Wildman–Crippen LogP) is 3.14. The zero-order valence-electron chi connectivity index (χ0n) is 16.8. The lowest BCUT2D eigenvalue weighted by Crippen LogP contribution is -2.29. The molecule has 0 aliphatic carbocycles. The maximum absolute atomic E-state index is 13.1. The van der Waals surface area contributed by atoms with Crippen molar-refractivity contribution in [3.05, 3.63) is 89.3 Å². The van der Waals surface area contributed by atoms with Crippen molar-refractivity contribution in [2.75, 3.05) is 6.79 Å². The summed E-state index contributed by atoms with van der Waals surface area (Å²) in [5, 5.41) is 20.8. The van der Waals surface area contributed by atoms with Crippen molar-refractivity contribution >= 4 is 17.4 Å². The van der Waals surface area contributed by atoms with E-state index in [0.717, 1.165) is 0 Å². The predicted molar refractivity (Wildman–Crippen MR) is 113 cm³/mol. The SMILES string of the molecule is O=C1C(=O)N(Cc2ccccn2)C(c2ccc(O)cc2)/C1=C(/O)c1ccc2c(c1)OCO2. The second kappa shape index (κ2) is 7.73. The Morgan fingerprint density at radius 3 is 2.56 bits per heavy atom. The van der Waals surface area contributed by atoms with Gasteiger partial charge in [0.25, 0.3) is 11.7 Å². The molecule has 32 heavy (non-hydrogen) atoms. The van der Waals surface area contributed by atoms with Crippen molar-refractivity contribution in [3.8, 4) is 17.2 Å². The van der Waals surface area contributed by atoms with E-state index in [1.807, 2.05) is 0 Å². The second-order valence-electron chi connectivity index (χ2n) is 7.41. The van der Waals surface area contributed by atoms with Gasteiger partial charge < -0.3 is 24.6 Å². The number of benzene rings is 2. The Labute approximate surface area is 183 Å². The number of ketones is 1. The van der Waals surface area contributed by atoms with Crippen molar-refractivity contribution in [3.63, 3.8) is 0 Å². The van der Waals surface area contributed by atoms with E-state index in [4.69, 9.17) is 9.47 Å². The Morgan fingerprint density at radius 2 is 1.81 bits per heavy atom. The quantitative estimate of drug-likeness (QED) is 0.372. The van der Waals surface area contributed by atoms with E-state index in [1.165, 1.54) is 17.0 Å². The van der Waals surface area contributed by atoms with Crippen molar-refractivity contribution in [2.45, 2.75) is 12.6 Å². The molecule has 3 aromatic rings. The van der Waals surface area contributed by atoms with E-state index in [1.54, 1.807) is 54.7 Å². The Balaban J connectivity index is 1.64. The Morgan fingerprint density at radius 1 is 1.03 bits per heavy atom. The smallest absolute Gasteiger partial charge is 0.296 e. The van der Waals surface area contributed by atoms with Gasteiger partial charge in [-0.3, -0.25) is 14.6 Å². The number of aromatic hydroxyl groups is 1. The molecule has 0 spiro atoms. The van der Waals surface area contributed by atoms with Crippen LogP contribution >= 0.6 is 0 Å². The number of fused-ring (bicyclic) bond motifs is 1. The zero-order chi connectivity index (χ0) is 22.2. The second-order valence-corrected chi connectivity index (χ2v) is 7.41. The van der Waals surface area contributed by atoms with Gasteiger partial charge in [0.05, 0.1) is 23.9 Å². The average molecular weight is 430 g/mol. The van der Waals surface area contributed by atoms with Crippen molar-refractivity contribution in [1.82, 2.24) is 9.88 Å². The van der Waals surface area contributed by atoms with Gasteiger partial charge in [0.2, 0.25) is 6.79 Å². The fraction of sp³-hybridized carbons (Fsp3) is 0.125. The van der Waals surface area contributed by atoms with Crippen molar-refractivity contribution in [1.29, 1.82) is 0 Å². The molecule has 2 aliphatic heterocycles. The molecule has 3 heterocycles. The highest BCUT2D eigenvalue weighted by molar-refractivity contribution is 6.46. The molecule has 1 amide bonds. The summed E-state index contributed by atoms with van der Waals surface area (Å²) in [6, 6.07) is 15.4. The third kappa shape index (κ3) is 3.31. The summed E-state index contributed by atoms with van der Waals surface area (Å²) in [6.07, 6.45) is 1.61. The number of hydrogen-bond donors (Lipinski definition) is 2. The highest BCUT2D eigenvalue weighted by Crippen LogP contribution is 2.42. The standard InChI is InChI=1S/C24H18N2O6/c27-17-7-4-14(5-8-17)21-20(22(28)15-6-9-18-19(11-15)32-13-31-18)23(29)24(30)26(21)12-16-3-1-2-10-25-16/h1-11,21,27-28H,12-13H2/b22-20-. The molecule has 1 saturated heterocycles. The van der Waals surface area contributed by atoms with E-state index < -0.39 is 17.7 Å². The minimum Gasteiger partial charge on any atom is -0.508 e. The zero-order valence-corrected chi connectivity index (χ0v) is 16.8. The number of nitrogens with zero attached hydrogens (tertiary/aromatic N) is 2. The van der Waals surface area contributed by atoms with Gasteiger partial charge in [-0.2, -0.15) is 0 Å². The summed E-state index contributed by atoms with van der Waals surface area (Å²) >= 11 is 0. The van der Waals surface area contributed by atoms with Gasteiger partial charge >= 0.3 is 0 Å². The third-order valence-electron chi connectivity index (χ3n) is 5.45. The van der Waals surface area contributed by atoms with Gasteiger partial charge in [-0.05, 0) is 48.0 Å². The van der Waals surface area contributed by atoms with Crippen LogP contribution < -0.4 is 9.47 Å². The number of carbonyl (C=O) groups excluding carboxylic acids is 2. The maximum Gasteiger partial charge on any atom is 0.296 e. The fourth-order valence-corrected chi connectivity index (χ4v) is 3.91. The summed E-state index contributed by atoms with van der Waals surface area (Å²) in [5.41, 5.74) is 1.45. The number of hydrogen-bond acceptors (Lipinski definition) is 7. The van der Waals surface area contributed by atoms with E-state index in [-0.39, 0.29) is 30.4 Å². The average Bonchev–Trinajstić information content (AvgIpc) is 3.38. The molecule has 0 radical (unpaired) electrons. The first-order valence-electron chi connectivity index (χ1n) is 9.90. The highest BCUT2D eigenvalue weighted by atomic mass is 16.7. The summed E-state index contributed by atoms with van der Waals surface area (Å²) in [7, 11) is 0. The van der Waals surface area contributed by atoms with Crippen LogP contribution in [0.2, 0.25) is 0 Å². The summed E-state index contributed by atoms with van der Waals surface area (Å²) < 4.78 is 10.7. The Kier molecular flexibility index (Phi) is 4.74. The van der Waals surface area contributed by atoms with E-state index in [9.17, 15) is 19.8 Å². The van der Waals surface area contributed by atoms with E-state index in [0.29, 0.717) is 28.3 Å². The van der Waals surface area contributed by atoms with Crippen LogP contribution in [0.4, 0.5) is 0 Å². The molecule has 1 fully saturated rings. The lowest BCUT2D eigenvalue weighted by atomic mass is 9.95. The molecular formula is C24H18N2O6. The maximum atomic E-state index is 13.1. The minimum atomic E-state index is -0.858. The minimum absolute atomic E-state index is 0.0458. The molecule has 1 unspecified atom stereocenters. The number of phenolic OH excluding ortho intramolecular Hbond substituents is 1. The molecule has 160 valence electrons. The Hall–Kier alpha value is -4.33. The highest BCUT2D eigenvalue weighted by Gasteiger charge is 2.46. The number of aliphatic hydroxyl groups excluding tert-OH is 1. The third-order valence-corrected chi connectivity index (χ3v) is 5.45. The van der Waals surface area contributed by atoms with Crippen LogP contribution in [-0.2, 0) is 16.1 Å². The normalized spacial score (nSPS) is 18.9. The van der Waals surface area contributed by atoms with Crippen LogP contribution in [0.1, 0.15) is 22.9 Å². The number of carbonyl (C=O) groups is 2. The first-order chi connectivity index (χ1) is 15.5. The fourth-order valence-electron chi connectivity index (χ4n) is 3.91. The monoisotopic (exact) mass is 430 g/mol. The van der Waals surface area contributed by atoms with Crippen LogP contribution in [0.5, 0.6) is 17.2 Å². The summed E-state index contributed by atoms with van der Waals surface area (Å²) in [4.78, 5) is 31.7. The lowest BCUT2D eigenvalue weighted by Gasteiger charge is -2.25. The first-order valence-corrected chi connectivity index (χ1v) is 9.90. The first kappa shape index (κ1) is 19.6. The number of amides is 1. The van der Waals surface area contributed by atoms with Crippen LogP contribution in [0.3, 0.4) is 0 Å². The number of pyridine rings is 1. The number of Topliss-reactive ketones (excluding diaryl/α,β-unsaturated/α-hetero) is 1. The lowest BCUT2D eigenvalue weighted by molar-refractivity contribution is -0.140. The number of aromatic nitrogens is 1. The van der Waals surface area contributed by atoms with Gasteiger partial charge in [-0.15, -0.1) is 0 Å². The largest absolute Gasteiger partial charge is 0.508 e. The molecule has 8 nitrogen and oxygen atoms in total. The summed E-state index contributed by atoms with van der Waals surface area (Å²) in [6.45, 7) is 0.149. The number of likely N-dealkylation sites (tertiary alicyclic amines) is 1. The molecule has 1 aromatic heterocycles. The molecule has 0 saturated carbocycles. The van der Waals surface area contributed by atoms with Crippen LogP contribution in [0.25, 0.3) is 5.76 Å². The van der Waals surface area contributed by atoms with Gasteiger partial charge in [-0.25, -0.2) is 0 Å². The number of rotatable bonds is 4. The number of phenols is 1. The molecule has 8 heteroatoms. The van der Waals surface area contributed by atoms with Crippen LogP contribution in [-0.4, -0.2) is 38.6 Å². The van der Waals surface area contributed by atoms with Gasteiger partial charge in [0.15, 0.2) is 11.5 Å². The van der Waals surface area contributed by atoms with E-state index >= 15 is 0 Å². The molecule has 2 aliphatic rings. The molecule has 2 aromatic carbocycles. The van der Waals surface area contributed by atoms with Gasteiger partial charge in [-0.1, -0.05) is 18.2 Å². The molecule has 0 bridgehead atoms. The number of ether oxygens (including phenoxy) is 2. The van der Waals surface area contributed by atoms with Crippen LogP contribution in [0, 0.1) is 0 Å². The van der Waals surface area contributed by atoms with Gasteiger partial charge in [0, 0.05) is 11.8 Å². The Bertz CT molecular complexity index is 1240. The van der Waals surface area contributed by atoms with Crippen molar-refractivity contribution in [2.24, 2.45) is 0 Å².